The van der Waals surface area contributed by atoms with E-state index >= 15 is 0 Å². The van der Waals surface area contributed by atoms with E-state index in [9.17, 15) is 13.2 Å². The number of hydrogen-bond donors (Lipinski definition) is 2. The van der Waals surface area contributed by atoms with Crippen LogP contribution in [-0.4, -0.2) is 51.5 Å². The third-order valence-corrected chi connectivity index (χ3v) is 4.86. The van der Waals surface area contributed by atoms with E-state index in [4.69, 9.17) is 10.5 Å². The zero-order valence-corrected chi connectivity index (χ0v) is 11.9. The van der Waals surface area contributed by atoms with Crippen molar-refractivity contribution in [3.8, 4) is 0 Å². The van der Waals surface area contributed by atoms with E-state index < -0.39 is 16.3 Å². The van der Waals surface area contributed by atoms with Crippen LogP contribution >= 0.6 is 0 Å². The van der Waals surface area contributed by atoms with Crippen LogP contribution in [0.3, 0.4) is 0 Å². The van der Waals surface area contributed by atoms with Crippen LogP contribution < -0.4 is 9.83 Å². The number of amides is 1. The second kappa shape index (κ2) is 8.70. The highest BCUT2D eigenvalue weighted by Gasteiger charge is 2.38. The maximum Gasteiger partial charge on any atom is 0.424 e. The van der Waals surface area contributed by atoms with Crippen molar-refractivity contribution >= 4 is 22.7 Å². The Morgan fingerprint density at radius 1 is 1.33 bits per heavy atom. The maximum absolute atomic E-state index is 11.9. The van der Waals surface area contributed by atoms with E-state index in [2.05, 4.69) is 4.74 Å². The topological polar surface area (TPSA) is 119 Å². The summed E-state index contributed by atoms with van der Waals surface area (Å²) < 4.78 is 29.7. The van der Waals surface area contributed by atoms with Crippen LogP contribution in [0, 0.1) is 5.41 Å². The van der Waals surface area contributed by atoms with Gasteiger partial charge in [-0.1, -0.05) is 6.40 Å². The average molecular weight is 283 g/mol. The minimum atomic E-state index is -3.73. The van der Waals surface area contributed by atoms with Gasteiger partial charge in [0.1, 0.15) is 0 Å². The largest absolute Gasteiger partial charge is 0.865 e. The SMILES string of the molecule is CC[N+](CC)(CC)S(=O)(=O)NC(=O)OC.N=C[O-]. The third kappa shape index (κ3) is 4.88. The molecule has 18 heavy (non-hydrogen) atoms. The van der Waals surface area contributed by atoms with Gasteiger partial charge in [0.2, 0.25) is 0 Å². The first-order chi connectivity index (χ1) is 8.30. The summed E-state index contributed by atoms with van der Waals surface area (Å²) in [5, 5.41) is 14.0. The zero-order chi connectivity index (χ0) is 14.8. The van der Waals surface area contributed by atoms with Gasteiger partial charge < -0.3 is 15.3 Å². The maximum atomic E-state index is 11.9. The van der Waals surface area contributed by atoms with Gasteiger partial charge >= 0.3 is 16.3 Å². The van der Waals surface area contributed by atoms with Crippen molar-refractivity contribution in [2.45, 2.75) is 20.8 Å². The van der Waals surface area contributed by atoms with Gasteiger partial charge in [-0.15, -0.1) is 0 Å². The highest BCUT2D eigenvalue weighted by molar-refractivity contribution is 7.84. The summed E-state index contributed by atoms with van der Waals surface area (Å²) in [5.41, 5.74) is 0. The number of nitrogens with one attached hydrogen (secondary N) is 2. The number of carbonyl (C=O) groups is 1. The molecule has 0 aromatic heterocycles. The molecule has 108 valence electrons. The molecular weight excluding hydrogens is 262 g/mol. The van der Waals surface area contributed by atoms with Crippen LogP contribution in [0.5, 0.6) is 0 Å². The Hall–Kier alpha value is -1.35. The lowest BCUT2D eigenvalue weighted by Crippen LogP contribution is -2.58. The fraction of sp³-hybridized carbons (Fsp3) is 0.778. The summed E-state index contributed by atoms with van der Waals surface area (Å²) in [4.78, 5) is 10.9. The summed E-state index contributed by atoms with van der Waals surface area (Å²) in [6.45, 7) is 6.51. The lowest BCUT2D eigenvalue weighted by molar-refractivity contribution is -0.801. The second-order valence-electron chi connectivity index (χ2n) is 3.19. The summed E-state index contributed by atoms with van der Waals surface area (Å²) in [6, 6.07) is 0. The molecule has 0 radical (unpaired) electrons. The first-order valence-electron chi connectivity index (χ1n) is 5.38. The minimum Gasteiger partial charge on any atom is -0.865 e. The predicted molar refractivity (Wildman–Crippen MR) is 65.1 cm³/mol. The lowest BCUT2D eigenvalue weighted by Gasteiger charge is -2.32. The fourth-order valence-corrected chi connectivity index (χ4v) is 2.93. The Balaban J connectivity index is 0. The molecule has 0 aliphatic carbocycles. The van der Waals surface area contributed by atoms with Crippen LogP contribution in [0.4, 0.5) is 4.79 Å². The highest BCUT2D eigenvalue weighted by atomic mass is 32.2. The Morgan fingerprint density at radius 3 is 1.89 bits per heavy atom. The molecule has 2 N–H and O–H groups in total. The van der Waals surface area contributed by atoms with E-state index in [1.165, 1.54) is 0 Å². The molecule has 0 spiro atoms. The number of methoxy groups -OCH3 is 1. The molecule has 1 amide bonds. The van der Waals surface area contributed by atoms with Crippen molar-refractivity contribution in [2.75, 3.05) is 26.7 Å². The molecule has 9 heteroatoms. The number of hydrogen-bond acceptors (Lipinski definition) is 6. The van der Waals surface area contributed by atoms with Crippen LogP contribution in [0.1, 0.15) is 20.8 Å². The van der Waals surface area contributed by atoms with Crippen molar-refractivity contribution < 1.29 is 26.9 Å². The Labute approximate surface area is 108 Å². The number of nitrogens with zero attached hydrogens (tertiary/aromatic N) is 1. The van der Waals surface area contributed by atoms with E-state index in [-0.39, 0.29) is 10.3 Å². The van der Waals surface area contributed by atoms with Crippen LogP contribution in [0.15, 0.2) is 0 Å². The summed E-state index contributed by atoms with van der Waals surface area (Å²) in [5.74, 6) is 0. The highest BCUT2D eigenvalue weighted by Crippen LogP contribution is 2.12. The van der Waals surface area contributed by atoms with Gasteiger partial charge in [-0.05, 0) is 20.8 Å². The number of quaternary nitrogens is 1. The van der Waals surface area contributed by atoms with Crippen molar-refractivity contribution in [3.63, 3.8) is 0 Å². The summed E-state index contributed by atoms with van der Waals surface area (Å²) in [6.07, 6.45) is -0.951. The molecule has 0 aliphatic rings. The molecule has 0 bridgehead atoms. The predicted octanol–water partition coefficient (Wildman–Crippen LogP) is -0.583. The molecule has 0 saturated carbocycles. The van der Waals surface area contributed by atoms with Crippen LogP contribution in [0.2, 0.25) is 0 Å². The molecular formula is C9H21N3O5S. The molecule has 0 fully saturated rings. The molecule has 0 unspecified atom stereocenters. The average Bonchev–Trinajstić information content (AvgIpc) is 2.32. The van der Waals surface area contributed by atoms with E-state index in [1.807, 2.05) is 4.72 Å². The Morgan fingerprint density at radius 2 is 1.67 bits per heavy atom. The van der Waals surface area contributed by atoms with Gasteiger partial charge in [0.25, 0.3) is 0 Å². The molecule has 0 aromatic rings. The lowest BCUT2D eigenvalue weighted by atomic mass is 10.5. The van der Waals surface area contributed by atoms with Crippen molar-refractivity contribution in [1.29, 1.82) is 5.41 Å². The van der Waals surface area contributed by atoms with E-state index in [1.54, 1.807) is 20.8 Å². The van der Waals surface area contributed by atoms with Gasteiger partial charge in [-0.2, -0.15) is 13.1 Å². The zero-order valence-electron chi connectivity index (χ0n) is 11.1. The van der Waals surface area contributed by atoms with Crippen LogP contribution in [-0.2, 0) is 14.9 Å². The first-order valence-corrected chi connectivity index (χ1v) is 6.82. The molecule has 8 nitrogen and oxygen atoms in total. The fourth-order valence-electron chi connectivity index (χ4n) is 1.42. The molecule has 0 heterocycles. The quantitative estimate of drug-likeness (QED) is 0.397. The van der Waals surface area contributed by atoms with E-state index in [0.29, 0.717) is 19.6 Å². The summed E-state index contributed by atoms with van der Waals surface area (Å²) >= 11 is 0. The third-order valence-electron chi connectivity index (χ3n) is 2.64. The first kappa shape index (κ1) is 19.0. The Bertz CT molecular complexity index is 343. The van der Waals surface area contributed by atoms with Gasteiger partial charge in [0.05, 0.1) is 26.7 Å². The normalized spacial score (nSPS) is 10.9. The van der Waals surface area contributed by atoms with E-state index in [0.717, 1.165) is 7.11 Å². The molecule has 0 rings (SSSR count). The monoisotopic (exact) mass is 283 g/mol. The smallest absolute Gasteiger partial charge is 0.424 e. The van der Waals surface area contributed by atoms with Gasteiger partial charge in [-0.25, -0.2) is 8.68 Å². The van der Waals surface area contributed by atoms with Crippen molar-refractivity contribution in [1.82, 2.24) is 4.72 Å². The van der Waals surface area contributed by atoms with Crippen LogP contribution in [0.25, 0.3) is 0 Å². The van der Waals surface area contributed by atoms with Gasteiger partial charge in [0.15, 0.2) is 0 Å². The Kier molecular flexibility index (Phi) is 9.18. The van der Waals surface area contributed by atoms with Crippen molar-refractivity contribution in [3.05, 3.63) is 0 Å². The second-order valence-corrected chi connectivity index (χ2v) is 5.12. The number of rotatable bonds is 5. The summed E-state index contributed by atoms with van der Waals surface area (Å²) in [7, 11) is -2.60. The minimum absolute atomic E-state index is 0. The molecule has 0 saturated heterocycles. The number of carbonyl (C=O) groups excluding carboxylic acids is 1. The molecule has 0 atom stereocenters. The van der Waals surface area contributed by atoms with Gasteiger partial charge in [-0.3, -0.25) is 0 Å². The molecule has 0 aromatic carbocycles. The standard InChI is InChI=1S/C8H18N2O4S.CH3NO/c1-5-10(6-2,7-3)15(12,13)9-8(11)14-4;2-1-3/h5-7H2,1-4H3;1H,(H2,2,3). The number of ether oxygens (including phenoxy) is 1. The van der Waals surface area contributed by atoms with Crippen molar-refractivity contribution in [2.24, 2.45) is 0 Å². The van der Waals surface area contributed by atoms with Gasteiger partial charge in [0, 0.05) is 0 Å². The molecule has 0 aliphatic heterocycles.